The molecular weight excluding hydrogens is 346 g/mol. The van der Waals surface area contributed by atoms with Crippen LogP contribution in [-0.4, -0.2) is 71.1 Å². The highest BCUT2D eigenvalue weighted by Gasteiger charge is 2.44. The molecule has 2 fully saturated rings. The molecule has 1 aromatic carbocycles. The van der Waals surface area contributed by atoms with Crippen molar-refractivity contribution in [1.82, 2.24) is 9.80 Å². The van der Waals surface area contributed by atoms with Crippen LogP contribution in [0.2, 0.25) is 0 Å². The fraction of sp³-hybridized carbons (Fsp3) is 0.556. The van der Waals surface area contributed by atoms with Crippen LogP contribution in [0.25, 0.3) is 0 Å². The lowest BCUT2D eigenvalue weighted by Gasteiger charge is -2.41. The van der Waals surface area contributed by atoms with Gasteiger partial charge >= 0.3 is 0 Å². The van der Waals surface area contributed by atoms with Crippen molar-refractivity contribution < 1.29 is 28.2 Å². The number of hydrogen-bond donors (Lipinski definition) is 1. The van der Waals surface area contributed by atoms with Crippen LogP contribution in [0.3, 0.4) is 0 Å². The van der Waals surface area contributed by atoms with Crippen LogP contribution in [0.1, 0.15) is 18.4 Å². The van der Waals surface area contributed by atoms with E-state index >= 15 is 0 Å². The van der Waals surface area contributed by atoms with Crippen molar-refractivity contribution in [1.29, 1.82) is 0 Å². The Morgan fingerprint density at radius 3 is 2.54 bits per heavy atom. The number of alkyl halides is 2. The highest BCUT2D eigenvalue weighted by atomic mass is 19.3. The van der Waals surface area contributed by atoms with Gasteiger partial charge in [-0.05, 0) is 18.4 Å². The smallest absolute Gasteiger partial charge is 0.266 e. The Morgan fingerprint density at radius 1 is 1.27 bits per heavy atom. The number of nitrogens with zero attached hydrogens (tertiary/aromatic N) is 2. The molecule has 6 nitrogen and oxygen atoms in total. The second-order valence-corrected chi connectivity index (χ2v) is 6.77. The summed E-state index contributed by atoms with van der Waals surface area (Å²) in [7, 11) is 0. The highest BCUT2D eigenvalue weighted by Crippen LogP contribution is 2.29. The third-order valence-electron chi connectivity index (χ3n) is 5.03. The molecule has 2 saturated heterocycles. The Labute approximate surface area is 150 Å². The zero-order valence-corrected chi connectivity index (χ0v) is 14.3. The number of ether oxygens (including phenoxy) is 1. The average molecular weight is 368 g/mol. The molecule has 1 aromatic rings. The van der Waals surface area contributed by atoms with E-state index in [-0.39, 0.29) is 57.5 Å². The zero-order valence-electron chi connectivity index (χ0n) is 14.3. The number of rotatable bonds is 4. The second kappa shape index (κ2) is 7.67. The van der Waals surface area contributed by atoms with Gasteiger partial charge < -0.3 is 19.6 Å². The summed E-state index contributed by atoms with van der Waals surface area (Å²) >= 11 is 0. The Kier molecular flexibility index (Phi) is 5.52. The molecule has 142 valence electrons. The number of morpholine rings is 1. The van der Waals surface area contributed by atoms with Gasteiger partial charge in [-0.15, -0.1) is 0 Å². The van der Waals surface area contributed by atoms with Crippen molar-refractivity contribution in [3.05, 3.63) is 35.9 Å². The third-order valence-corrected chi connectivity index (χ3v) is 5.03. The van der Waals surface area contributed by atoms with E-state index in [4.69, 9.17) is 4.74 Å². The topological polar surface area (TPSA) is 70.1 Å². The highest BCUT2D eigenvalue weighted by molar-refractivity contribution is 5.89. The standard InChI is InChI=1S/C18H22F2N2O4/c19-17(20)18(25)6-8-21(9-7-18)16(24)14-11-26-12-15(23)22(14)10-13-4-2-1-3-5-13/h1-5,14,17,25H,6-12H2/t14-/m1/s1. The van der Waals surface area contributed by atoms with Crippen molar-refractivity contribution >= 4 is 11.8 Å². The van der Waals surface area contributed by atoms with Crippen LogP contribution >= 0.6 is 0 Å². The van der Waals surface area contributed by atoms with Crippen LogP contribution in [-0.2, 0) is 20.9 Å². The minimum atomic E-state index is -2.84. The van der Waals surface area contributed by atoms with Crippen molar-refractivity contribution in [3.8, 4) is 0 Å². The van der Waals surface area contributed by atoms with E-state index in [0.29, 0.717) is 0 Å². The van der Waals surface area contributed by atoms with Gasteiger partial charge in [0.2, 0.25) is 11.8 Å². The van der Waals surface area contributed by atoms with Gasteiger partial charge in [-0.3, -0.25) is 9.59 Å². The summed E-state index contributed by atoms with van der Waals surface area (Å²) in [4.78, 5) is 28.1. The fourth-order valence-electron chi connectivity index (χ4n) is 3.33. The number of likely N-dealkylation sites (tertiary alicyclic amines) is 1. The normalized spacial score (nSPS) is 23.4. The lowest BCUT2D eigenvalue weighted by molar-refractivity contribution is -0.165. The molecule has 3 rings (SSSR count). The van der Waals surface area contributed by atoms with Gasteiger partial charge in [0.1, 0.15) is 18.2 Å². The summed E-state index contributed by atoms with van der Waals surface area (Å²) in [5.74, 6) is -0.607. The van der Waals surface area contributed by atoms with Crippen LogP contribution in [0.4, 0.5) is 8.78 Å². The summed E-state index contributed by atoms with van der Waals surface area (Å²) in [6, 6.07) is 8.53. The maximum Gasteiger partial charge on any atom is 0.266 e. The molecule has 8 heteroatoms. The maximum atomic E-state index is 12.9. The van der Waals surface area contributed by atoms with E-state index in [9.17, 15) is 23.5 Å². The Morgan fingerprint density at radius 2 is 1.92 bits per heavy atom. The van der Waals surface area contributed by atoms with E-state index in [1.54, 1.807) is 0 Å². The second-order valence-electron chi connectivity index (χ2n) is 6.77. The van der Waals surface area contributed by atoms with Gasteiger partial charge in [0.05, 0.1) is 6.61 Å². The Bertz CT molecular complexity index is 648. The molecule has 2 amide bonds. The number of benzene rings is 1. The molecule has 1 atom stereocenters. The van der Waals surface area contributed by atoms with Gasteiger partial charge in [-0.2, -0.15) is 0 Å². The molecule has 0 radical (unpaired) electrons. The van der Waals surface area contributed by atoms with Crippen LogP contribution in [0.5, 0.6) is 0 Å². The van der Waals surface area contributed by atoms with Crippen LogP contribution in [0, 0.1) is 0 Å². The Balaban J connectivity index is 1.69. The number of carbonyl (C=O) groups is 2. The van der Waals surface area contributed by atoms with E-state index in [1.807, 2.05) is 30.3 Å². The molecule has 1 N–H and O–H groups in total. The van der Waals surface area contributed by atoms with E-state index in [0.717, 1.165) is 5.56 Å². The van der Waals surface area contributed by atoms with E-state index in [2.05, 4.69) is 0 Å². The minimum absolute atomic E-state index is 0.0313. The molecular formula is C18H22F2N2O4. The molecule has 2 heterocycles. The van der Waals surface area contributed by atoms with Crippen molar-refractivity contribution in [2.75, 3.05) is 26.3 Å². The average Bonchev–Trinajstić information content (AvgIpc) is 2.64. The molecule has 0 bridgehead atoms. The number of halogens is 2. The SMILES string of the molecule is O=C([C@H]1COCC(=O)N1Cc1ccccc1)N1CCC(O)(C(F)F)CC1. The number of aliphatic hydroxyl groups is 1. The maximum absolute atomic E-state index is 12.9. The summed E-state index contributed by atoms with van der Waals surface area (Å²) in [6.07, 6.45) is -3.21. The van der Waals surface area contributed by atoms with Crippen molar-refractivity contribution in [2.24, 2.45) is 0 Å². The number of amides is 2. The van der Waals surface area contributed by atoms with Gasteiger partial charge in [0.15, 0.2) is 0 Å². The quantitative estimate of drug-likeness (QED) is 0.862. The summed E-state index contributed by atoms with van der Waals surface area (Å²) in [6.45, 7) is 0.343. The molecule has 0 aromatic heterocycles. The first-order valence-electron chi connectivity index (χ1n) is 8.61. The predicted molar refractivity (Wildman–Crippen MR) is 88.4 cm³/mol. The first-order chi connectivity index (χ1) is 12.4. The third kappa shape index (κ3) is 3.86. The Hall–Kier alpha value is -2.06. The summed E-state index contributed by atoms with van der Waals surface area (Å²) in [5, 5.41) is 9.87. The van der Waals surface area contributed by atoms with Crippen LogP contribution < -0.4 is 0 Å². The molecule has 2 aliphatic rings. The van der Waals surface area contributed by atoms with Crippen molar-refractivity contribution in [2.45, 2.75) is 37.5 Å². The molecule has 0 aliphatic carbocycles. The number of carbonyl (C=O) groups excluding carboxylic acids is 2. The summed E-state index contributed by atoms with van der Waals surface area (Å²) < 4.78 is 31.1. The fourth-order valence-corrected chi connectivity index (χ4v) is 3.33. The lowest BCUT2D eigenvalue weighted by Crippen LogP contribution is -2.59. The first kappa shape index (κ1) is 18.7. The van der Waals surface area contributed by atoms with Gasteiger partial charge in [-0.25, -0.2) is 8.78 Å². The van der Waals surface area contributed by atoms with Crippen molar-refractivity contribution in [3.63, 3.8) is 0 Å². The van der Waals surface area contributed by atoms with E-state index < -0.39 is 18.1 Å². The number of piperidine rings is 1. The molecule has 2 aliphatic heterocycles. The molecule has 0 spiro atoms. The number of hydrogen-bond acceptors (Lipinski definition) is 4. The van der Waals surface area contributed by atoms with Gasteiger partial charge in [0.25, 0.3) is 6.43 Å². The van der Waals surface area contributed by atoms with E-state index in [1.165, 1.54) is 9.80 Å². The van der Waals surface area contributed by atoms with Crippen LogP contribution in [0.15, 0.2) is 30.3 Å². The predicted octanol–water partition coefficient (Wildman–Crippen LogP) is 1.03. The van der Waals surface area contributed by atoms with Gasteiger partial charge in [-0.1, -0.05) is 30.3 Å². The molecule has 26 heavy (non-hydrogen) atoms. The minimum Gasteiger partial charge on any atom is -0.384 e. The monoisotopic (exact) mass is 368 g/mol. The molecule has 0 saturated carbocycles. The van der Waals surface area contributed by atoms with Gasteiger partial charge in [0, 0.05) is 19.6 Å². The molecule has 0 unspecified atom stereocenters. The lowest BCUT2D eigenvalue weighted by atomic mass is 9.91. The first-order valence-corrected chi connectivity index (χ1v) is 8.61. The zero-order chi connectivity index (χ0) is 18.7. The largest absolute Gasteiger partial charge is 0.384 e. The summed E-state index contributed by atoms with van der Waals surface area (Å²) in [5.41, 5.74) is -1.15.